The van der Waals surface area contributed by atoms with Crippen molar-refractivity contribution in [3.05, 3.63) is 52.4 Å². The number of alkyl halides is 3. The second-order valence-corrected chi connectivity index (χ2v) is 9.86. The molecule has 4 rings (SSSR count). The van der Waals surface area contributed by atoms with Gasteiger partial charge in [-0.1, -0.05) is 11.2 Å². The number of carboxylic acid groups (broad SMARTS) is 2. The summed E-state index contributed by atoms with van der Waals surface area (Å²) in [6.45, 7) is -0.137. The van der Waals surface area contributed by atoms with Gasteiger partial charge in [-0.15, -0.1) is 23.1 Å². The summed E-state index contributed by atoms with van der Waals surface area (Å²) in [6.07, 6.45) is -5.08. The zero-order chi connectivity index (χ0) is 30.5. The highest BCUT2D eigenvalue weighted by atomic mass is 32.2. The average molecular weight is 622 g/mol. The number of β-lactam (4-membered cyclic amide) rings is 1. The van der Waals surface area contributed by atoms with Crippen molar-refractivity contribution in [2.45, 2.75) is 17.6 Å². The SMILES string of the molecule is CO/N=C(\C(=O)NC1C(=O)N2C(C(=O)O)=C(COc3cccc(F)c3)CS[C@H]12)c1csc(N)n1.O=C(O)C(F)(F)F. The van der Waals surface area contributed by atoms with Crippen LogP contribution in [0.15, 0.2) is 46.1 Å². The molecule has 220 valence electrons. The second-order valence-electron chi connectivity index (χ2n) is 7.86. The molecule has 2 aliphatic heterocycles. The fourth-order valence-corrected chi connectivity index (χ4v) is 5.30. The Labute approximate surface area is 235 Å². The normalized spacial score (nSPS) is 18.4. The lowest BCUT2D eigenvalue weighted by Gasteiger charge is -2.49. The van der Waals surface area contributed by atoms with E-state index < -0.39 is 47.2 Å². The largest absolute Gasteiger partial charge is 0.490 e. The van der Waals surface area contributed by atoms with Gasteiger partial charge in [-0.05, 0) is 12.1 Å². The maximum Gasteiger partial charge on any atom is 0.490 e. The summed E-state index contributed by atoms with van der Waals surface area (Å²) >= 11 is 2.38. The second kappa shape index (κ2) is 12.9. The van der Waals surface area contributed by atoms with Crippen molar-refractivity contribution in [3.8, 4) is 5.75 Å². The van der Waals surface area contributed by atoms with E-state index in [0.717, 1.165) is 16.2 Å². The molecule has 2 aromatic rings. The molecule has 0 aliphatic carbocycles. The van der Waals surface area contributed by atoms with Crippen LogP contribution in [0.1, 0.15) is 5.69 Å². The van der Waals surface area contributed by atoms with Crippen LogP contribution in [0.2, 0.25) is 0 Å². The smallest absolute Gasteiger partial charge is 0.489 e. The molecular formula is C22H19F4N5O8S2. The highest BCUT2D eigenvalue weighted by Gasteiger charge is 2.54. The molecule has 3 heterocycles. The van der Waals surface area contributed by atoms with E-state index in [4.69, 9.17) is 25.2 Å². The first-order valence-electron chi connectivity index (χ1n) is 11.0. The number of hydrogen-bond acceptors (Lipinski definition) is 11. The number of aliphatic carboxylic acids is 2. The minimum Gasteiger partial charge on any atom is -0.489 e. The van der Waals surface area contributed by atoms with Crippen LogP contribution in [0.4, 0.5) is 22.7 Å². The molecule has 19 heteroatoms. The number of nitrogens with one attached hydrogen (secondary N) is 1. The summed E-state index contributed by atoms with van der Waals surface area (Å²) in [5.74, 6) is -5.39. The van der Waals surface area contributed by atoms with Crippen molar-refractivity contribution < 1.29 is 56.5 Å². The zero-order valence-corrected chi connectivity index (χ0v) is 22.2. The maximum absolute atomic E-state index is 13.4. The summed E-state index contributed by atoms with van der Waals surface area (Å²) in [5.41, 5.74) is 5.77. The minimum atomic E-state index is -5.08. The van der Waals surface area contributed by atoms with Crippen LogP contribution in [0.3, 0.4) is 0 Å². The molecule has 2 atom stereocenters. The van der Waals surface area contributed by atoms with Crippen LogP contribution in [-0.4, -0.2) is 86.6 Å². The van der Waals surface area contributed by atoms with Crippen molar-refractivity contribution in [1.82, 2.24) is 15.2 Å². The minimum absolute atomic E-state index is 0.137. The molecule has 1 unspecified atom stereocenters. The molecule has 1 saturated heterocycles. The van der Waals surface area contributed by atoms with E-state index in [-0.39, 0.29) is 40.3 Å². The number of nitrogens with two attached hydrogens (primary N) is 1. The Bertz CT molecular complexity index is 1410. The van der Waals surface area contributed by atoms with Crippen LogP contribution < -0.4 is 15.8 Å². The van der Waals surface area contributed by atoms with Crippen molar-refractivity contribution in [2.75, 3.05) is 25.2 Å². The molecule has 41 heavy (non-hydrogen) atoms. The molecule has 0 spiro atoms. The number of carboxylic acids is 2. The number of benzene rings is 1. The Hall–Kier alpha value is -4.39. The number of anilines is 1. The van der Waals surface area contributed by atoms with Gasteiger partial charge in [-0.3, -0.25) is 14.5 Å². The maximum atomic E-state index is 13.4. The molecule has 0 radical (unpaired) electrons. The molecule has 1 fully saturated rings. The molecule has 2 aliphatic rings. The van der Waals surface area contributed by atoms with E-state index in [1.54, 1.807) is 0 Å². The number of nitrogens with zero attached hydrogens (tertiary/aromatic N) is 3. The molecule has 13 nitrogen and oxygen atoms in total. The van der Waals surface area contributed by atoms with Crippen LogP contribution in [0, 0.1) is 5.82 Å². The van der Waals surface area contributed by atoms with Crippen molar-refractivity contribution in [1.29, 1.82) is 0 Å². The number of thioether (sulfide) groups is 1. The van der Waals surface area contributed by atoms with Gasteiger partial charge in [0, 0.05) is 22.8 Å². The van der Waals surface area contributed by atoms with Gasteiger partial charge in [0.15, 0.2) is 10.8 Å². The molecule has 1 aromatic heterocycles. The third kappa shape index (κ3) is 7.42. The Morgan fingerprint density at radius 2 is 1.98 bits per heavy atom. The van der Waals surface area contributed by atoms with Gasteiger partial charge in [-0.2, -0.15) is 13.2 Å². The van der Waals surface area contributed by atoms with Crippen molar-refractivity contribution in [2.24, 2.45) is 5.16 Å². The summed E-state index contributed by atoms with van der Waals surface area (Å²) < 4.78 is 50.6. The van der Waals surface area contributed by atoms with Crippen LogP contribution in [0.5, 0.6) is 5.75 Å². The van der Waals surface area contributed by atoms with Gasteiger partial charge in [-0.25, -0.2) is 19.0 Å². The molecular weight excluding hydrogens is 602 g/mol. The van der Waals surface area contributed by atoms with E-state index in [1.165, 1.54) is 48.5 Å². The quantitative estimate of drug-likeness (QED) is 0.145. The predicted molar refractivity (Wildman–Crippen MR) is 135 cm³/mol. The van der Waals surface area contributed by atoms with E-state index in [1.807, 2.05) is 0 Å². The highest BCUT2D eigenvalue weighted by Crippen LogP contribution is 2.40. The molecule has 1 aromatic carbocycles. The fourth-order valence-electron chi connectivity index (χ4n) is 3.42. The number of ether oxygens (including phenoxy) is 1. The van der Waals surface area contributed by atoms with Crippen molar-refractivity contribution in [3.63, 3.8) is 0 Å². The van der Waals surface area contributed by atoms with Gasteiger partial charge in [0.2, 0.25) is 0 Å². The van der Waals surface area contributed by atoms with Gasteiger partial charge in [0.25, 0.3) is 11.8 Å². The summed E-state index contributed by atoms with van der Waals surface area (Å²) in [5, 5.41) is 24.2. The third-order valence-electron chi connectivity index (χ3n) is 5.15. The lowest BCUT2D eigenvalue weighted by Crippen LogP contribution is -2.71. The number of carbonyl (C=O) groups is 4. The first-order valence-corrected chi connectivity index (χ1v) is 12.9. The number of oxime groups is 1. The Morgan fingerprint density at radius 1 is 1.29 bits per heavy atom. The van der Waals surface area contributed by atoms with Crippen LogP contribution in [0.25, 0.3) is 0 Å². The van der Waals surface area contributed by atoms with E-state index in [0.29, 0.717) is 5.57 Å². The van der Waals surface area contributed by atoms with E-state index in [9.17, 15) is 37.1 Å². The van der Waals surface area contributed by atoms with Gasteiger partial charge in [0.1, 0.15) is 48.1 Å². The molecule has 5 N–H and O–H groups in total. The van der Waals surface area contributed by atoms with Gasteiger partial charge < -0.3 is 30.8 Å². The Balaban J connectivity index is 0.000000587. The molecule has 0 bridgehead atoms. The number of fused-ring (bicyclic) bond motifs is 1. The first-order chi connectivity index (χ1) is 19.2. The fraction of sp³-hybridized carbons (Fsp3) is 0.273. The number of thiazole rings is 1. The Morgan fingerprint density at radius 3 is 2.51 bits per heavy atom. The number of aromatic nitrogens is 1. The topological polar surface area (TPSA) is 194 Å². The lowest BCUT2D eigenvalue weighted by atomic mass is 10.0. The first kappa shape index (κ1) is 31.1. The Kier molecular flexibility index (Phi) is 9.76. The zero-order valence-electron chi connectivity index (χ0n) is 20.5. The van der Waals surface area contributed by atoms with Crippen LogP contribution >= 0.6 is 23.1 Å². The number of amides is 2. The number of hydrogen-bond donors (Lipinski definition) is 4. The molecule has 2 amide bonds. The van der Waals surface area contributed by atoms with E-state index >= 15 is 0 Å². The summed E-state index contributed by atoms with van der Waals surface area (Å²) in [6, 6.07) is 4.47. The van der Waals surface area contributed by atoms with Crippen molar-refractivity contribution >= 4 is 57.7 Å². The number of nitrogen functional groups attached to an aromatic ring is 1. The lowest BCUT2D eigenvalue weighted by molar-refractivity contribution is -0.192. The standard InChI is InChI=1S/C20H18FN5O6S2.C2HF3O2/c1-31-25-13(12-8-34-20(22)23-12)16(27)24-14-17(28)26-15(19(29)30)9(7-33-18(14)26)6-32-11-4-2-3-10(21)5-11;3-2(4,5)1(6)7/h2-5,8,14,18H,6-7H2,1H3,(H2,22,23)(H,24,27)(H,29,30);(H,6,7)/b25-13-;/t14?,18-;/m1./s1. The predicted octanol–water partition coefficient (Wildman–Crippen LogP) is 1.67. The van der Waals surface area contributed by atoms with E-state index in [2.05, 4.69) is 15.5 Å². The van der Waals surface area contributed by atoms with Crippen LogP contribution in [-0.2, 0) is 24.0 Å². The van der Waals surface area contributed by atoms with Gasteiger partial charge >= 0.3 is 18.1 Å². The third-order valence-corrected chi connectivity index (χ3v) is 7.16. The number of carbonyl (C=O) groups excluding carboxylic acids is 2. The van der Waals surface area contributed by atoms with Gasteiger partial charge in [0.05, 0.1) is 0 Å². The number of rotatable bonds is 8. The summed E-state index contributed by atoms with van der Waals surface area (Å²) in [4.78, 5) is 56.3. The molecule has 0 saturated carbocycles. The highest BCUT2D eigenvalue weighted by molar-refractivity contribution is 8.00. The number of halogens is 4. The monoisotopic (exact) mass is 621 g/mol. The summed E-state index contributed by atoms with van der Waals surface area (Å²) in [7, 11) is 1.26. The average Bonchev–Trinajstić information content (AvgIpc) is 3.33.